The van der Waals surface area contributed by atoms with E-state index in [1.165, 1.54) is 5.56 Å². The van der Waals surface area contributed by atoms with E-state index in [0.29, 0.717) is 0 Å². The van der Waals surface area contributed by atoms with Gasteiger partial charge in [-0.05, 0) is 44.9 Å². The lowest BCUT2D eigenvalue weighted by Gasteiger charge is -2.27. The van der Waals surface area contributed by atoms with Crippen LogP contribution in [0.1, 0.15) is 45.7 Å². The number of benzene rings is 1. The smallest absolute Gasteiger partial charge is 0.136 e. The highest BCUT2D eigenvalue weighted by Gasteiger charge is 2.29. The Hall–Kier alpha value is -0.0300. The molecule has 0 radical (unpaired) electrons. The van der Waals surface area contributed by atoms with Crippen molar-refractivity contribution in [1.29, 1.82) is 0 Å². The van der Waals surface area contributed by atoms with Crippen molar-refractivity contribution in [3.63, 3.8) is 0 Å². The molecule has 2 nitrogen and oxygen atoms in total. The molecule has 96 valence electrons. The van der Waals surface area contributed by atoms with Gasteiger partial charge in [-0.1, -0.05) is 35.0 Å². The molecule has 1 aromatic rings. The van der Waals surface area contributed by atoms with Crippen LogP contribution in [0.15, 0.2) is 28.7 Å². The van der Waals surface area contributed by atoms with Crippen molar-refractivity contribution in [2.24, 2.45) is 0 Å². The standard InChI is InChI=1S/C13H20BrNOS/c1-5-12(15-17(16)13(2,3)4)10-7-6-8-11(14)9-10/h6-9,12,15H,5H2,1-4H3/t12-,17?/m1/s1. The molecule has 1 unspecified atom stereocenters. The summed E-state index contributed by atoms with van der Waals surface area (Å²) >= 11 is 2.42. The fraction of sp³-hybridized carbons (Fsp3) is 0.538. The van der Waals surface area contributed by atoms with Crippen molar-refractivity contribution in [3.05, 3.63) is 34.3 Å². The van der Waals surface area contributed by atoms with Crippen LogP contribution in [0.5, 0.6) is 0 Å². The Morgan fingerprint density at radius 2 is 2.06 bits per heavy atom. The van der Waals surface area contributed by atoms with Gasteiger partial charge in [-0.3, -0.25) is 0 Å². The van der Waals surface area contributed by atoms with Crippen LogP contribution in [-0.2, 0) is 11.4 Å². The van der Waals surface area contributed by atoms with Gasteiger partial charge >= 0.3 is 0 Å². The van der Waals surface area contributed by atoms with E-state index in [-0.39, 0.29) is 10.8 Å². The molecule has 17 heavy (non-hydrogen) atoms. The fourth-order valence-corrected chi connectivity index (χ4v) is 2.75. The van der Waals surface area contributed by atoms with Crippen LogP contribution in [0.4, 0.5) is 0 Å². The minimum absolute atomic E-state index is 0.132. The zero-order chi connectivity index (χ0) is 13.1. The predicted molar refractivity (Wildman–Crippen MR) is 78.2 cm³/mol. The van der Waals surface area contributed by atoms with Crippen LogP contribution >= 0.6 is 15.9 Å². The van der Waals surface area contributed by atoms with Crippen LogP contribution in [0, 0.1) is 0 Å². The highest BCUT2D eigenvalue weighted by molar-refractivity contribution is 9.10. The van der Waals surface area contributed by atoms with E-state index in [1.54, 1.807) is 0 Å². The summed E-state index contributed by atoms with van der Waals surface area (Å²) in [7, 11) is 0. The molecule has 0 saturated heterocycles. The lowest BCUT2D eigenvalue weighted by atomic mass is 10.1. The molecule has 0 heterocycles. The molecule has 0 aliphatic carbocycles. The van der Waals surface area contributed by atoms with Gasteiger partial charge in [0.2, 0.25) is 0 Å². The van der Waals surface area contributed by atoms with E-state index in [2.05, 4.69) is 39.7 Å². The van der Waals surface area contributed by atoms with E-state index in [4.69, 9.17) is 0 Å². The highest BCUT2D eigenvalue weighted by atomic mass is 79.9. The molecule has 1 N–H and O–H groups in total. The van der Waals surface area contributed by atoms with E-state index in [1.807, 2.05) is 32.9 Å². The quantitative estimate of drug-likeness (QED) is 0.853. The lowest BCUT2D eigenvalue weighted by Crippen LogP contribution is -2.41. The van der Waals surface area contributed by atoms with Crippen molar-refractivity contribution in [1.82, 2.24) is 4.72 Å². The van der Waals surface area contributed by atoms with E-state index in [9.17, 15) is 4.55 Å². The third kappa shape index (κ3) is 4.62. The summed E-state index contributed by atoms with van der Waals surface area (Å²) in [5.41, 5.74) is 1.17. The Morgan fingerprint density at radius 1 is 1.41 bits per heavy atom. The van der Waals surface area contributed by atoms with E-state index in [0.717, 1.165) is 10.9 Å². The average molecular weight is 318 g/mol. The summed E-state index contributed by atoms with van der Waals surface area (Å²) in [4.78, 5) is 0. The third-order valence-corrected chi connectivity index (χ3v) is 4.57. The Kier molecular flexibility index (Phi) is 5.51. The summed E-state index contributed by atoms with van der Waals surface area (Å²) in [6.45, 7) is 8.02. The lowest BCUT2D eigenvalue weighted by molar-refractivity contribution is 0.518. The molecule has 1 rings (SSSR count). The maximum absolute atomic E-state index is 12.1. The average Bonchev–Trinajstić information content (AvgIpc) is 2.24. The van der Waals surface area contributed by atoms with Gasteiger partial charge in [0.15, 0.2) is 0 Å². The number of hydrogen-bond donors (Lipinski definition) is 1. The first-order chi connectivity index (χ1) is 7.84. The first-order valence-electron chi connectivity index (χ1n) is 5.78. The molecule has 0 saturated carbocycles. The predicted octanol–water partition coefficient (Wildman–Crippen LogP) is 3.95. The molecule has 0 aliphatic heterocycles. The minimum atomic E-state index is -1.04. The molecular formula is C13H20BrNOS. The van der Waals surface area contributed by atoms with Crippen molar-refractivity contribution in [2.45, 2.75) is 44.9 Å². The van der Waals surface area contributed by atoms with Crippen molar-refractivity contribution in [2.75, 3.05) is 0 Å². The zero-order valence-electron chi connectivity index (χ0n) is 10.8. The summed E-state index contributed by atoms with van der Waals surface area (Å²) in [6.07, 6.45) is 0.915. The molecule has 1 aromatic carbocycles. The summed E-state index contributed by atoms with van der Waals surface area (Å²) in [5.74, 6) is 0. The second-order valence-electron chi connectivity index (χ2n) is 5.01. The van der Waals surface area contributed by atoms with Crippen LogP contribution in [-0.4, -0.2) is 9.30 Å². The van der Waals surface area contributed by atoms with Crippen LogP contribution in [0.25, 0.3) is 0 Å². The molecule has 4 heteroatoms. The molecule has 0 spiro atoms. The third-order valence-electron chi connectivity index (χ3n) is 2.46. The number of nitrogens with one attached hydrogen (secondary N) is 1. The highest BCUT2D eigenvalue weighted by Crippen LogP contribution is 2.24. The maximum Gasteiger partial charge on any atom is 0.136 e. The summed E-state index contributed by atoms with van der Waals surface area (Å²) < 4.78 is 16.1. The first kappa shape index (κ1) is 15.0. The second-order valence-corrected chi connectivity index (χ2v) is 7.93. The SMILES string of the molecule is CC[C@@H](N[S+]([O-])C(C)(C)C)c1cccc(Br)c1. The summed E-state index contributed by atoms with van der Waals surface area (Å²) in [5, 5.41) is 0. The van der Waals surface area contributed by atoms with E-state index >= 15 is 0 Å². The van der Waals surface area contributed by atoms with Crippen molar-refractivity contribution < 1.29 is 4.55 Å². The Balaban J connectivity index is 2.79. The molecule has 0 bridgehead atoms. The monoisotopic (exact) mass is 317 g/mol. The van der Waals surface area contributed by atoms with Crippen LogP contribution in [0.2, 0.25) is 0 Å². The fourth-order valence-electron chi connectivity index (χ4n) is 1.42. The largest absolute Gasteiger partial charge is 0.598 e. The van der Waals surface area contributed by atoms with Crippen LogP contribution < -0.4 is 4.72 Å². The molecule has 0 amide bonds. The number of rotatable bonds is 4. The Labute approximate surface area is 116 Å². The number of halogens is 1. The van der Waals surface area contributed by atoms with Crippen LogP contribution in [0.3, 0.4) is 0 Å². The Morgan fingerprint density at radius 3 is 2.53 bits per heavy atom. The molecule has 0 aromatic heterocycles. The molecule has 0 aliphatic rings. The van der Waals surface area contributed by atoms with E-state index < -0.39 is 11.4 Å². The van der Waals surface area contributed by atoms with Gasteiger partial charge in [-0.25, -0.2) is 0 Å². The van der Waals surface area contributed by atoms with Gasteiger partial charge in [0, 0.05) is 15.8 Å². The number of hydrogen-bond acceptors (Lipinski definition) is 2. The normalized spacial score (nSPS) is 15.6. The molecule has 2 atom stereocenters. The van der Waals surface area contributed by atoms with Gasteiger partial charge in [-0.2, -0.15) is 0 Å². The zero-order valence-corrected chi connectivity index (χ0v) is 13.2. The van der Waals surface area contributed by atoms with Crippen molar-refractivity contribution in [3.8, 4) is 0 Å². The van der Waals surface area contributed by atoms with Gasteiger partial charge in [0.25, 0.3) is 0 Å². The topological polar surface area (TPSA) is 35.1 Å². The first-order valence-corrected chi connectivity index (χ1v) is 7.72. The van der Waals surface area contributed by atoms with Gasteiger partial charge < -0.3 is 4.55 Å². The molecule has 0 fully saturated rings. The maximum atomic E-state index is 12.1. The second kappa shape index (κ2) is 6.23. The molecular weight excluding hydrogens is 298 g/mol. The van der Waals surface area contributed by atoms with Gasteiger partial charge in [0.05, 0.1) is 6.04 Å². The van der Waals surface area contributed by atoms with Crippen molar-refractivity contribution >= 4 is 27.3 Å². The van der Waals surface area contributed by atoms with Gasteiger partial charge in [0.1, 0.15) is 4.75 Å². The minimum Gasteiger partial charge on any atom is -0.598 e. The Bertz CT molecular complexity index is 365. The van der Waals surface area contributed by atoms with Gasteiger partial charge in [-0.15, -0.1) is 4.72 Å². The summed E-state index contributed by atoms with van der Waals surface area (Å²) in [6, 6.07) is 8.26.